The molecule has 1 fully saturated rings. The lowest BCUT2D eigenvalue weighted by Crippen LogP contribution is -2.49. The van der Waals surface area contributed by atoms with Gasteiger partial charge in [-0.1, -0.05) is 19.1 Å². The Bertz CT molecular complexity index is 909. The van der Waals surface area contributed by atoms with Crippen molar-refractivity contribution in [3.63, 3.8) is 0 Å². The summed E-state index contributed by atoms with van der Waals surface area (Å²) in [6.07, 6.45) is 7.20. The molecule has 29 heavy (non-hydrogen) atoms. The number of likely N-dealkylation sites (tertiary alicyclic amines) is 1. The van der Waals surface area contributed by atoms with Gasteiger partial charge in [0.2, 0.25) is 5.91 Å². The molecule has 0 N–H and O–H groups in total. The number of thiazole rings is 1. The molecule has 1 unspecified atom stereocenters. The number of likely N-dealkylation sites (N-methyl/N-ethyl adjacent to an activating group) is 1. The minimum absolute atomic E-state index is 0.258. The molecule has 1 atom stereocenters. The number of piperidine rings is 1. The van der Waals surface area contributed by atoms with E-state index < -0.39 is 0 Å². The van der Waals surface area contributed by atoms with Crippen LogP contribution in [0.5, 0.6) is 0 Å². The Labute approximate surface area is 176 Å². The lowest BCUT2D eigenvalue weighted by molar-refractivity contribution is -0.133. The fourth-order valence-corrected chi connectivity index (χ4v) is 5.07. The number of carbonyl (C=O) groups is 1. The second kappa shape index (κ2) is 9.46. The van der Waals surface area contributed by atoms with E-state index in [0.29, 0.717) is 12.5 Å². The minimum Gasteiger partial charge on any atom is -0.341 e. The van der Waals surface area contributed by atoms with Gasteiger partial charge in [-0.2, -0.15) is 0 Å². The van der Waals surface area contributed by atoms with Crippen LogP contribution >= 0.6 is 11.3 Å². The van der Waals surface area contributed by atoms with Crippen molar-refractivity contribution in [1.29, 1.82) is 0 Å². The Morgan fingerprint density at radius 2 is 2.07 bits per heavy atom. The third-order valence-electron chi connectivity index (χ3n) is 5.70. The van der Waals surface area contributed by atoms with Crippen LogP contribution in [0.15, 0.2) is 48.8 Å². The number of hydrogen-bond donors (Lipinski definition) is 0. The maximum absolute atomic E-state index is 12.9. The fourth-order valence-electron chi connectivity index (χ4n) is 4.10. The maximum Gasteiger partial charge on any atom is 0.223 e. The van der Waals surface area contributed by atoms with Crippen molar-refractivity contribution in [2.75, 3.05) is 19.6 Å². The average molecular weight is 409 g/mol. The van der Waals surface area contributed by atoms with Gasteiger partial charge in [0.1, 0.15) is 0 Å². The Hall–Kier alpha value is -2.31. The number of fused-ring (bicyclic) bond motifs is 1. The van der Waals surface area contributed by atoms with E-state index in [0.717, 1.165) is 56.0 Å². The number of pyridine rings is 1. The van der Waals surface area contributed by atoms with Crippen LogP contribution < -0.4 is 0 Å². The monoisotopic (exact) mass is 408 g/mol. The minimum atomic E-state index is 0.258. The maximum atomic E-state index is 12.9. The van der Waals surface area contributed by atoms with Gasteiger partial charge >= 0.3 is 0 Å². The largest absolute Gasteiger partial charge is 0.341 e. The van der Waals surface area contributed by atoms with Gasteiger partial charge in [0.05, 0.1) is 15.2 Å². The molecule has 1 amide bonds. The molecular formula is C23H28N4OS. The van der Waals surface area contributed by atoms with Crippen LogP contribution in [0.3, 0.4) is 0 Å². The standard InChI is InChI=1S/C23H28N4OS/c1-2-26(16-18-11-13-24-14-12-18)19-6-5-15-27(17-19)23(28)10-9-22-25-20-7-3-4-8-21(20)29-22/h3-4,7-8,11-14,19H,2,5-6,9-10,15-17H2,1H3. The molecule has 152 valence electrons. The molecule has 6 heteroatoms. The summed E-state index contributed by atoms with van der Waals surface area (Å²) in [5.41, 5.74) is 2.31. The molecule has 3 heterocycles. The summed E-state index contributed by atoms with van der Waals surface area (Å²) in [5.74, 6) is 0.258. The fraction of sp³-hybridized carbons (Fsp3) is 0.435. The first-order valence-corrected chi connectivity index (χ1v) is 11.3. The highest BCUT2D eigenvalue weighted by Crippen LogP contribution is 2.23. The van der Waals surface area contributed by atoms with Crippen LogP contribution in [0, 0.1) is 0 Å². The van der Waals surface area contributed by atoms with Gasteiger partial charge in [0.15, 0.2) is 0 Å². The van der Waals surface area contributed by atoms with Gasteiger partial charge in [0.25, 0.3) is 0 Å². The highest BCUT2D eigenvalue weighted by atomic mass is 32.1. The van der Waals surface area contributed by atoms with Crippen LogP contribution in [-0.2, 0) is 17.8 Å². The second-order valence-corrected chi connectivity index (χ2v) is 8.74. The molecule has 1 aliphatic rings. The lowest BCUT2D eigenvalue weighted by Gasteiger charge is -2.39. The smallest absolute Gasteiger partial charge is 0.223 e. The molecule has 0 bridgehead atoms. The normalized spacial score (nSPS) is 17.2. The lowest BCUT2D eigenvalue weighted by atomic mass is 10.0. The SMILES string of the molecule is CCN(Cc1ccncc1)C1CCCN(C(=O)CCc2nc3ccccc3s2)C1. The number of hydrogen-bond acceptors (Lipinski definition) is 5. The van der Waals surface area contributed by atoms with Gasteiger partial charge in [-0.05, 0) is 49.2 Å². The van der Waals surface area contributed by atoms with Crippen LogP contribution in [0.1, 0.15) is 36.8 Å². The third kappa shape index (κ3) is 5.00. The van der Waals surface area contributed by atoms with Crippen molar-refractivity contribution in [3.05, 3.63) is 59.4 Å². The third-order valence-corrected chi connectivity index (χ3v) is 6.79. The molecule has 0 aliphatic carbocycles. The molecule has 1 aromatic carbocycles. The summed E-state index contributed by atoms with van der Waals surface area (Å²) in [7, 11) is 0. The molecule has 2 aromatic heterocycles. The van der Waals surface area contributed by atoms with Gasteiger partial charge in [-0.3, -0.25) is 14.7 Å². The zero-order valence-corrected chi connectivity index (χ0v) is 17.8. The molecular weight excluding hydrogens is 380 g/mol. The van der Waals surface area contributed by atoms with Gasteiger partial charge in [-0.15, -0.1) is 11.3 Å². The molecule has 0 radical (unpaired) electrons. The molecule has 3 aromatic rings. The van der Waals surface area contributed by atoms with Crippen LogP contribution in [0.4, 0.5) is 0 Å². The molecule has 0 saturated carbocycles. The predicted octanol–water partition coefficient (Wildman–Crippen LogP) is 4.14. The Kier molecular flexibility index (Phi) is 6.52. The van der Waals surface area contributed by atoms with E-state index in [-0.39, 0.29) is 5.91 Å². The molecule has 4 rings (SSSR count). The Balaban J connectivity index is 1.33. The summed E-state index contributed by atoms with van der Waals surface area (Å²) in [5, 5.41) is 1.06. The predicted molar refractivity (Wildman–Crippen MR) is 118 cm³/mol. The Morgan fingerprint density at radius 3 is 2.86 bits per heavy atom. The van der Waals surface area contributed by atoms with Crippen LogP contribution in [0.2, 0.25) is 0 Å². The topological polar surface area (TPSA) is 49.3 Å². The number of para-hydroxylation sites is 1. The number of benzene rings is 1. The summed E-state index contributed by atoms with van der Waals surface area (Å²) in [6.45, 7) is 5.81. The number of amides is 1. The Morgan fingerprint density at radius 1 is 1.24 bits per heavy atom. The second-order valence-electron chi connectivity index (χ2n) is 7.63. The van der Waals surface area contributed by atoms with Gasteiger partial charge < -0.3 is 4.90 Å². The summed E-state index contributed by atoms with van der Waals surface area (Å²) < 4.78 is 1.20. The molecule has 5 nitrogen and oxygen atoms in total. The van der Waals surface area contributed by atoms with E-state index >= 15 is 0 Å². The average Bonchev–Trinajstić information content (AvgIpc) is 3.19. The van der Waals surface area contributed by atoms with Crippen molar-refractivity contribution in [1.82, 2.24) is 19.8 Å². The van der Waals surface area contributed by atoms with Gasteiger partial charge in [0, 0.05) is 50.9 Å². The molecule has 1 saturated heterocycles. The van der Waals surface area contributed by atoms with Crippen LogP contribution in [0.25, 0.3) is 10.2 Å². The van der Waals surface area contributed by atoms with Crippen molar-refractivity contribution in [2.45, 2.75) is 45.2 Å². The zero-order valence-electron chi connectivity index (χ0n) is 17.0. The van der Waals surface area contributed by atoms with Crippen molar-refractivity contribution >= 4 is 27.5 Å². The summed E-state index contributed by atoms with van der Waals surface area (Å²) in [4.78, 5) is 26.2. The number of aromatic nitrogens is 2. The van der Waals surface area contributed by atoms with E-state index in [4.69, 9.17) is 0 Å². The summed E-state index contributed by atoms with van der Waals surface area (Å²) >= 11 is 1.70. The first-order valence-electron chi connectivity index (χ1n) is 10.5. The first-order chi connectivity index (χ1) is 14.2. The van der Waals surface area contributed by atoms with E-state index in [1.54, 1.807) is 11.3 Å². The van der Waals surface area contributed by atoms with E-state index in [9.17, 15) is 4.79 Å². The van der Waals surface area contributed by atoms with Crippen molar-refractivity contribution < 1.29 is 4.79 Å². The number of aryl methyl sites for hydroxylation is 1. The highest BCUT2D eigenvalue weighted by Gasteiger charge is 2.27. The summed E-state index contributed by atoms with van der Waals surface area (Å²) in [6, 6.07) is 12.8. The number of rotatable bonds is 7. The number of nitrogens with zero attached hydrogens (tertiary/aromatic N) is 4. The number of carbonyl (C=O) groups excluding carboxylic acids is 1. The quantitative estimate of drug-likeness (QED) is 0.590. The first kappa shape index (κ1) is 20.0. The van der Waals surface area contributed by atoms with E-state index in [1.165, 1.54) is 10.3 Å². The van der Waals surface area contributed by atoms with E-state index in [1.807, 2.05) is 30.6 Å². The molecule has 1 aliphatic heterocycles. The van der Waals surface area contributed by atoms with Crippen LogP contribution in [-0.4, -0.2) is 51.4 Å². The van der Waals surface area contributed by atoms with Crippen molar-refractivity contribution in [2.24, 2.45) is 0 Å². The zero-order chi connectivity index (χ0) is 20.1. The van der Waals surface area contributed by atoms with Gasteiger partial charge in [-0.25, -0.2) is 4.98 Å². The molecule has 0 spiro atoms. The highest BCUT2D eigenvalue weighted by molar-refractivity contribution is 7.18. The van der Waals surface area contributed by atoms with E-state index in [2.05, 4.69) is 44.9 Å². The van der Waals surface area contributed by atoms with Crippen molar-refractivity contribution in [3.8, 4) is 0 Å².